The van der Waals surface area contributed by atoms with E-state index < -0.39 is 12.2 Å². The lowest BCUT2D eigenvalue weighted by atomic mass is 10.2. The van der Waals surface area contributed by atoms with Gasteiger partial charge in [-0.1, -0.05) is 36.0 Å². The lowest BCUT2D eigenvalue weighted by molar-refractivity contribution is -0.278. The predicted molar refractivity (Wildman–Crippen MR) is 70.1 cm³/mol. The summed E-state index contributed by atoms with van der Waals surface area (Å²) in [4.78, 5) is 0.786. The Morgan fingerprint density at radius 1 is 0.714 bits per heavy atom. The van der Waals surface area contributed by atoms with Crippen LogP contribution in [0, 0.1) is 0 Å². The molecule has 1 heterocycles. The van der Waals surface area contributed by atoms with Gasteiger partial charge in [0.05, 0.1) is 11.4 Å². The topological polar surface area (TPSA) is 3.24 Å². The standard InChI is InChI=1S/C14H8F5NS/c15-13(16,17)14(18,19)20-9-5-1-3-7-11(9)21-12-8-4-2-6-10(12)20/h1-8H. The molecular weight excluding hydrogens is 309 g/mol. The van der Waals surface area contributed by atoms with E-state index >= 15 is 0 Å². The monoisotopic (exact) mass is 317 g/mol. The molecule has 0 N–H and O–H groups in total. The summed E-state index contributed by atoms with van der Waals surface area (Å²) >= 11 is 1.17. The zero-order valence-corrected chi connectivity index (χ0v) is 11.2. The molecule has 0 bridgehead atoms. The van der Waals surface area contributed by atoms with Gasteiger partial charge in [0.15, 0.2) is 0 Å². The second-order valence-corrected chi connectivity index (χ2v) is 5.50. The van der Waals surface area contributed by atoms with Crippen molar-refractivity contribution in [1.29, 1.82) is 0 Å². The lowest BCUT2D eigenvalue weighted by Crippen LogP contribution is -2.51. The molecule has 0 unspecified atom stereocenters. The molecular formula is C14H8F5NS. The fraction of sp³-hybridized carbons (Fsp3) is 0.143. The maximum atomic E-state index is 14.0. The van der Waals surface area contributed by atoms with Gasteiger partial charge in [0.2, 0.25) is 0 Å². The number of para-hydroxylation sites is 2. The van der Waals surface area contributed by atoms with E-state index in [0.29, 0.717) is 9.79 Å². The third-order valence-corrected chi connectivity index (χ3v) is 4.18. The molecule has 1 nitrogen and oxygen atoms in total. The van der Waals surface area contributed by atoms with E-state index in [0.717, 1.165) is 0 Å². The Morgan fingerprint density at radius 3 is 1.57 bits per heavy atom. The summed E-state index contributed by atoms with van der Waals surface area (Å²) < 4.78 is 66.4. The first-order valence-electron chi connectivity index (χ1n) is 5.93. The normalized spacial score (nSPS) is 14.6. The van der Waals surface area contributed by atoms with Gasteiger partial charge < -0.3 is 0 Å². The van der Waals surface area contributed by atoms with Gasteiger partial charge in [-0.3, -0.25) is 4.90 Å². The largest absolute Gasteiger partial charge is 0.475 e. The van der Waals surface area contributed by atoms with Crippen LogP contribution in [0.5, 0.6) is 0 Å². The van der Waals surface area contributed by atoms with Crippen LogP contribution in [-0.4, -0.2) is 12.2 Å². The van der Waals surface area contributed by atoms with Crippen LogP contribution in [0.4, 0.5) is 33.3 Å². The molecule has 0 radical (unpaired) electrons. The van der Waals surface area contributed by atoms with Gasteiger partial charge in [-0.25, -0.2) is 0 Å². The van der Waals surface area contributed by atoms with E-state index in [1.807, 2.05) is 0 Å². The van der Waals surface area contributed by atoms with Crippen molar-refractivity contribution >= 4 is 23.1 Å². The Kier molecular flexibility index (Phi) is 3.12. The molecule has 1 aliphatic rings. The molecule has 0 spiro atoms. The van der Waals surface area contributed by atoms with Gasteiger partial charge in [0.25, 0.3) is 0 Å². The van der Waals surface area contributed by atoms with Gasteiger partial charge in [0.1, 0.15) is 0 Å². The molecule has 0 fully saturated rings. The minimum atomic E-state index is -5.67. The van der Waals surface area contributed by atoms with Crippen molar-refractivity contribution in [2.75, 3.05) is 4.90 Å². The van der Waals surface area contributed by atoms with E-state index in [-0.39, 0.29) is 16.3 Å². The van der Waals surface area contributed by atoms with Gasteiger partial charge in [-0.05, 0) is 24.3 Å². The van der Waals surface area contributed by atoms with Crippen LogP contribution in [0.3, 0.4) is 0 Å². The van der Waals surface area contributed by atoms with Crippen LogP contribution < -0.4 is 4.90 Å². The smallest absolute Gasteiger partial charge is 0.272 e. The minimum Gasteiger partial charge on any atom is -0.272 e. The van der Waals surface area contributed by atoms with E-state index in [9.17, 15) is 22.0 Å². The third-order valence-electron chi connectivity index (χ3n) is 3.05. The van der Waals surface area contributed by atoms with Crippen molar-refractivity contribution < 1.29 is 22.0 Å². The number of alkyl halides is 5. The maximum absolute atomic E-state index is 14.0. The van der Waals surface area contributed by atoms with Gasteiger partial charge in [-0.15, -0.1) is 0 Å². The molecule has 0 saturated heterocycles. The van der Waals surface area contributed by atoms with Gasteiger partial charge >= 0.3 is 12.2 Å². The maximum Gasteiger partial charge on any atom is 0.475 e. The molecule has 0 amide bonds. The number of hydrogen-bond donors (Lipinski definition) is 0. The van der Waals surface area contributed by atoms with E-state index in [4.69, 9.17) is 0 Å². The lowest BCUT2D eigenvalue weighted by Gasteiger charge is -2.38. The van der Waals surface area contributed by atoms with Crippen LogP contribution in [0.15, 0.2) is 58.3 Å². The van der Waals surface area contributed by atoms with Crippen LogP contribution in [0.1, 0.15) is 0 Å². The van der Waals surface area contributed by atoms with Crippen molar-refractivity contribution in [3.63, 3.8) is 0 Å². The number of benzene rings is 2. The summed E-state index contributed by atoms with van der Waals surface area (Å²) in [7, 11) is 0. The van der Waals surface area contributed by atoms with Crippen molar-refractivity contribution in [2.45, 2.75) is 22.0 Å². The van der Waals surface area contributed by atoms with Crippen molar-refractivity contribution in [3.8, 4) is 0 Å². The zero-order valence-electron chi connectivity index (χ0n) is 10.4. The first-order valence-corrected chi connectivity index (χ1v) is 6.75. The molecule has 0 atom stereocenters. The van der Waals surface area contributed by atoms with Crippen LogP contribution in [0.25, 0.3) is 0 Å². The first kappa shape index (κ1) is 14.2. The quantitative estimate of drug-likeness (QED) is 0.508. The summed E-state index contributed by atoms with van der Waals surface area (Å²) in [6.07, 6.45) is -5.67. The summed E-state index contributed by atoms with van der Waals surface area (Å²) in [6.45, 7) is 0. The number of hydrogen-bond acceptors (Lipinski definition) is 2. The highest BCUT2D eigenvalue weighted by Crippen LogP contribution is 2.54. The average molecular weight is 317 g/mol. The highest BCUT2D eigenvalue weighted by atomic mass is 32.2. The molecule has 110 valence electrons. The van der Waals surface area contributed by atoms with Gasteiger partial charge in [0, 0.05) is 9.79 Å². The predicted octanol–water partition coefficient (Wildman–Crippen LogP) is 5.44. The highest BCUT2D eigenvalue weighted by Gasteiger charge is 2.63. The zero-order chi connectivity index (χ0) is 15.3. The highest BCUT2D eigenvalue weighted by molar-refractivity contribution is 7.99. The molecule has 2 aromatic carbocycles. The average Bonchev–Trinajstić information content (AvgIpc) is 2.43. The van der Waals surface area contributed by atoms with E-state index in [1.165, 1.54) is 48.2 Å². The SMILES string of the molecule is FC(F)(F)C(F)(F)N1c2ccccc2Sc2ccccc21. The van der Waals surface area contributed by atoms with Crippen LogP contribution in [0.2, 0.25) is 0 Å². The first-order chi connectivity index (χ1) is 9.82. The Labute approximate surface area is 121 Å². The molecule has 0 aliphatic carbocycles. The molecule has 0 saturated carbocycles. The molecule has 0 aromatic heterocycles. The van der Waals surface area contributed by atoms with Crippen molar-refractivity contribution in [1.82, 2.24) is 0 Å². The number of halogens is 5. The second-order valence-electron chi connectivity index (χ2n) is 4.41. The molecule has 1 aliphatic heterocycles. The minimum absolute atomic E-state index is 0.0637. The summed E-state index contributed by atoms with van der Waals surface area (Å²) in [5.41, 5.74) is -0.299. The summed E-state index contributed by atoms with van der Waals surface area (Å²) in [5, 5.41) is 0. The van der Waals surface area contributed by atoms with Crippen LogP contribution >= 0.6 is 11.8 Å². The van der Waals surface area contributed by atoms with Crippen molar-refractivity contribution in [2.24, 2.45) is 0 Å². The number of anilines is 2. The summed E-state index contributed by atoms with van der Waals surface area (Å²) in [5.74, 6) is 0. The fourth-order valence-electron chi connectivity index (χ4n) is 2.13. The van der Waals surface area contributed by atoms with E-state index in [2.05, 4.69) is 0 Å². The summed E-state index contributed by atoms with van der Waals surface area (Å²) in [6, 6.07) is 6.66. The number of fused-ring (bicyclic) bond motifs is 2. The second kappa shape index (κ2) is 4.62. The fourth-order valence-corrected chi connectivity index (χ4v) is 3.19. The van der Waals surface area contributed by atoms with Gasteiger partial charge in [-0.2, -0.15) is 22.0 Å². The number of nitrogens with zero attached hydrogens (tertiary/aromatic N) is 1. The number of rotatable bonds is 1. The molecule has 21 heavy (non-hydrogen) atoms. The van der Waals surface area contributed by atoms with E-state index in [1.54, 1.807) is 12.1 Å². The Bertz CT molecular complexity index is 638. The van der Waals surface area contributed by atoms with Crippen molar-refractivity contribution in [3.05, 3.63) is 48.5 Å². The molecule has 7 heteroatoms. The molecule has 2 aromatic rings. The Balaban J connectivity index is 2.25. The Morgan fingerprint density at radius 2 is 1.14 bits per heavy atom. The van der Waals surface area contributed by atoms with Crippen LogP contribution in [-0.2, 0) is 0 Å². The third kappa shape index (κ3) is 2.16. The molecule has 3 rings (SSSR count). The Hall–Kier alpha value is -1.76.